The second kappa shape index (κ2) is 11.9. The van der Waals surface area contributed by atoms with Crippen molar-refractivity contribution in [2.75, 3.05) is 11.4 Å². The molecule has 0 aliphatic carbocycles. The van der Waals surface area contributed by atoms with Gasteiger partial charge >= 0.3 is 0 Å². The molecule has 2 rings (SSSR count). The molecule has 2 aromatic rings. The molecule has 2 aromatic carbocycles. The van der Waals surface area contributed by atoms with Crippen LogP contribution in [0.5, 0.6) is 0 Å². The van der Waals surface area contributed by atoms with Gasteiger partial charge in [0.25, 0.3) is 0 Å². The van der Waals surface area contributed by atoms with Crippen LogP contribution in [0.4, 0.5) is 5.69 Å². The van der Waals surface area contributed by atoms with Crippen molar-refractivity contribution in [1.82, 2.24) is 0 Å². The SMILES string of the molecule is CC.CC(C)C.CCCN(c1cccc2cccc(C)c12)C(C)C. The van der Waals surface area contributed by atoms with Crippen molar-refractivity contribution < 1.29 is 0 Å². The Kier molecular flexibility index (Phi) is 11.2. The quantitative estimate of drug-likeness (QED) is 0.562. The number of anilines is 1. The Morgan fingerprint density at radius 2 is 1.38 bits per heavy atom. The first-order chi connectivity index (χ1) is 11.4. The first-order valence-electron chi connectivity index (χ1n) is 9.63. The molecule has 0 fully saturated rings. The number of rotatable bonds is 4. The Bertz CT molecular complexity index is 561. The van der Waals surface area contributed by atoms with Crippen molar-refractivity contribution in [2.24, 2.45) is 5.92 Å². The fourth-order valence-electron chi connectivity index (χ4n) is 2.64. The van der Waals surface area contributed by atoms with Crippen molar-refractivity contribution in [3.8, 4) is 0 Å². The van der Waals surface area contributed by atoms with Crippen LogP contribution in [0.3, 0.4) is 0 Å². The van der Waals surface area contributed by atoms with E-state index in [2.05, 4.69) is 89.8 Å². The largest absolute Gasteiger partial charge is 0.369 e. The molecular weight excluding hydrogens is 290 g/mol. The van der Waals surface area contributed by atoms with Gasteiger partial charge in [-0.15, -0.1) is 0 Å². The minimum atomic E-state index is 0.537. The zero-order valence-corrected chi connectivity index (χ0v) is 17.5. The summed E-state index contributed by atoms with van der Waals surface area (Å²) in [6.07, 6.45) is 1.18. The minimum Gasteiger partial charge on any atom is -0.369 e. The zero-order chi connectivity index (χ0) is 18.7. The van der Waals surface area contributed by atoms with Gasteiger partial charge in [-0.2, -0.15) is 0 Å². The second-order valence-electron chi connectivity index (χ2n) is 6.97. The summed E-state index contributed by atoms with van der Waals surface area (Å²) < 4.78 is 0. The lowest BCUT2D eigenvalue weighted by Gasteiger charge is -2.30. The van der Waals surface area contributed by atoms with Crippen molar-refractivity contribution in [3.05, 3.63) is 42.0 Å². The molecule has 0 heterocycles. The predicted octanol–water partition coefficient (Wildman–Crippen LogP) is 7.46. The van der Waals surface area contributed by atoms with Gasteiger partial charge < -0.3 is 4.90 Å². The van der Waals surface area contributed by atoms with Crippen LogP contribution in [-0.4, -0.2) is 12.6 Å². The Morgan fingerprint density at radius 1 is 0.875 bits per heavy atom. The van der Waals surface area contributed by atoms with E-state index in [0.29, 0.717) is 6.04 Å². The van der Waals surface area contributed by atoms with Gasteiger partial charge in [-0.3, -0.25) is 0 Å². The lowest BCUT2D eigenvalue weighted by Crippen LogP contribution is -2.31. The van der Waals surface area contributed by atoms with Crippen LogP contribution in [0, 0.1) is 12.8 Å². The number of benzene rings is 2. The van der Waals surface area contributed by atoms with Gasteiger partial charge in [0.05, 0.1) is 0 Å². The lowest BCUT2D eigenvalue weighted by molar-refractivity contribution is 0.673. The number of hydrogen-bond donors (Lipinski definition) is 0. The summed E-state index contributed by atoms with van der Waals surface area (Å²) in [6, 6.07) is 13.7. The van der Waals surface area contributed by atoms with Crippen LogP contribution in [0.1, 0.15) is 67.4 Å². The molecule has 136 valence electrons. The summed E-state index contributed by atoms with van der Waals surface area (Å²) >= 11 is 0. The summed E-state index contributed by atoms with van der Waals surface area (Å²) in [5, 5.41) is 2.75. The normalized spacial score (nSPS) is 10.1. The van der Waals surface area contributed by atoms with Crippen molar-refractivity contribution in [2.45, 2.75) is 74.8 Å². The van der Waals surface area contributed by atoms with E-state index in [1.807, 2.05) is 13.8 Å². The van der Waals surface area contributed by atoms with Crippen LogP contribution in [0.25, 0.3) is 10.8 Å². The van der Waals surface area contributed by atoms with Gasteiger partial charge in [0.1, 0.15) is 0 Å². The molecule has 0 saturated carbocycles. The van der Waals surface area contributed by atoms with E-state index in [1.165, 1.54) is 28.4 Å². The maximum atomic E-state index is 2.51. The van der Waals surface area contributed by atoms with Crippen LogP contribution in [0.15, 0.2) is 36.4 Å². The first-order valence-corrected chi connectivity index (χ1v) is 9.63. The minimum absolute atomic E-state index is 0.537. The highest BCUT2D eigenvalue weighted by Gasteiger charge is 2.13. The fourth-order valence-corrected chi connectivity index (χ4v) is 2.64. The number of nitrogens with zero attached hydrogens (tertiary/aromatic N) is 1. The maximum Gasteiger partial charge on any atom is 0.0450 e. The van der Waals surface area contributed by atoms with Gasteiger partial charge in [-0.25, -0.2) is 0 Å². The Balaban J connectivity index is 0.000000773. The first kappa shape index (κ1) is 22.5. The van der Waals surface area contributed by atoms with Gasteiger partial charge in [-0.05, 0) is 50.1 Å². The zero-order valence-electron chi connectivity index (χ0n) is 17.5. The highest BCUT2D eigenvalue weighted by Crippen LogP contribution is 2.30. The third-order valence-corrected chi connectivity index (χ3v) is 3.49. The van der Waals surface area contributed by atoms with Crippen molar-refractivity contribution in [1.29, 1.82) is 0 Å². The van der Waals surface area contributed by atoms with Gasteiger partial charge in [-0.1, -0.05) is 71.9 Å². The summed E-state index contributed by atoms with van der Waals surface area (Å²) in [7, 11) is 0. The number of fused-ring (bicyclic) bond motifs is 1. The van der Waals surface area contributed by atoms with Crippen LogP contribution in [-0.2, 0) is 0 Å². The molecule has 1 nitrogen and oxygen atoms in total. The molecule has 0 bridgehead atoms. The Labute approximate surface area is 151 Å². The van der Waals surface area contributed by atoms with E-state index >= 15 is 0 Å². The molecule has 0 spiro atoms. The Morgan fingerprint density at radius 3 is 1.83 bits per heavy atom. The average molecular weight is 330 g/mol. The predicted molar refractivity (Wildman–Crippen MR) is 113 cm³/mol. The third kappa shape index (κ3) is 6.95. The average Bonchev–Trinajstić information content (AvgIpc) is 2.53. The Hall–Kier alpha value is -1.50. The molecule has 24 heavy (non-hydrogen) atoms. The standard InChI is InChI=1S/C17H23N.C4H10.C2H6/c1-5-12-18(13(2)3)16-11-7-10-15-9-6-8-14(4)17(15)16;1-4(2)3;1-2/h6-11,13H,5,12H2,1-4H3;4H,1-3H3;1-2H3. The topological polar surface area (TPSA) is 3.24 Å². The van der Waals surface area contributed by atoms with Gasteiger partial charge in [0.15, 0.2) is 0 Å². The fraction of sp³-hybridized carbons (Fsp3) is 0.565. The number of aryl methyl sites for hydroxylation is 1. The summed E-state index contributed by atoms with van der Waals surface area (Å²) in [5.41, 5.74) is 2.74. The molecule has 0 aliphatic rings. The molecular formula is C23H39N. The van der Waals surface area contributed by atoms with E-state index < -0.39 is 0 Å². The van der Waals surface area contributed by atoms with E-state index in [0.717, 1.165) is 12.5 Å². The molecule has 0 radical (unpaired) electrons. The molecule has 0 aromatic heterocycles. The van der Waals surface area contributed by atoms with Gasteiger partial charge in [0.2, 0.25) is 0 Å². The summed E-state index contributed by atoms with van der Waals surface area (Å²) in [4.78, 5) is 2.51. The van der Waals surface area contributed by atoms with Crippen molar-refractivity contribution >= 4 is 16.5 Å². The molecule has 0 saturated heterocycles. The maximum absolute atomic E-state index is 2.51. The summed E-state index contributed by atoms with van der Waals surface area (Å²) in [5.74, 6) is 0.833. The van der Waals surface area contributed by atoms with Crippen LogP contribution < -0.4 is 4.90 Å². The number of hydrogen-bond acceptors (Lipinski definition) is 1. The molecule has 1 heteroatoms. The molecule has 0 unspecified atom stereocenters. The molecule has 0 amide bonds. The second-order valence-corrected chi connectivity index (χ2v) is 6.97. The van der Waals surface area contributed by atoms with E-state index in [9.17, 15) is 0 Å². The molecule has 0 N–H and O–H groups in total. The van der Waals surface area contributed by atoms with Crippen molar-refractivity contribution in [3.63, 3.8) is 0 Å². The van der Waals surface area contributed by atoms with E-state index in [4.69, 9.17) is 0 Å². The van der Waals surface area contributed by atoms with E-state index in [-0.39, 0.29) is 0 Å². The smallest absolute Gasteiger partial charge is 0.0450 e. The van der Waals surface area contributed by atoms with Crippen LogP contribution in [0.2, 0.25) is 0 Å². The van der Waals surface area contributed by atoms with E-state index in [1.54, 1.807) is 0 Å². The molecule has 0 atom stereocenters. The monoisotopic (exact) mass is 329 g/mol. The van der Waals surface area contributed by atoms with Gasteiger partial charge in [0, 0.05) is 23.7 Å². The highest BCUT2D eigenvalue weighted by atomic mass is 15.1. The molecule has 0 aliphatic heterocycles. The third-order valence-electron chi connectivity index (χ3n) is 3.49. The summed E-state index contributed by atoms with van der Waals surface area (Å²) in [6.45, 7) is 20.6. The lowest BCUT2D eigenvalue weighted by atomic mass is 10.0. The highest BCUT2D eigenvalue weighted by molar-refractivity contribution is 5.96. The van der Waals surface area contributed by atoms with Crippen LogP contribution >= 0.6 is 0 Å².